The number of carboxylic acid groups (broad SMARTS) is 1. The summed E-state index contributed by atoms with van der Waals surface area (Å²) >= 11 is 0. The Labute approximate surface area is 163 Å². The van der Waals surface area contributed by atoms with Crippen LogP contribution in [0.3, 0.4) is 0 Å². The number of methoxy groups -OCH3 is 2. The number of piperazine rings is 1. The van der Waals surface area contributed by atoms with E-state index in [4.69, 9.17) is 20.3 Å². The molecule has 1 atom stereocenters. The van der Waals surface area contributed by atoms with Crippen LogP contribution in [-0.4, -0.2) is 81.0 Å². The van der Waals surface area contributed by atoms with Crippen molar-refractivity contribution in [3.05, 3.63) is 18.2 Å². The fourth-order valence-corrected chi connectivity index (χ4v) is 4.42. The Bertz CT molecular complexity index is 820. The Kier molecular flexibility index (Phi) is 7.22. The lowest BCUT2D eigenvalue weighted by atomic mass is 10.1. The fourth-order valence-electron chi connectivity index (χ4n) is 2.87. The number of nitrogens with zero attached hydrogens (tertiary/aromatic N) is 2. The molecular weight excluding hydrogens is 390 g/mol. The third-order valence-corrected chi connectivity index (χ3v) is 6.50. The highest BCUT2D eigenvalue weighted by molar-refractivity contribution is 7.89. The first kappa shape index (κ1) is 21.9. The summed E-state index contributed by atoms with van der Waals surface area (Å²) in [5, 5.41) is 8.77. The van der Waals surface area contributed by atoms with Gasteiger partial charge in [0.1, 0.15) is 22.4 Å². The summed E-state index contributed by atoms with van der Waals surface area (Å²) in [6.45, 7) is 0.708. The number of hydrogen-bond acceptors (Lipinski definition) is 7. The molecule has 156 valence electrons. The van der Waals surface area contributed by atoms with Gasteiger partial charge in [-0.05, 0) is 18.6 Å². The van der Waals surface area contributed by atoms with E-state index in [-0.39, 0.29) is 55.6 Å². The molecule has 1 heterocycles. The molecule has 1 fully saturated rings. The van der Waals surface area contributed by atoms with E-state index in [0.717, 1.165) is 0 Å². The summed E-state index contributed by atoms with van der Waals surface area (Å²) in [5.74, 6) is -0.737. The van der Waals surface area contributed by atoms with Gasteiger partial charge in [0, 0.05) is 38.7 Å². The molecule has 1 amide bonds. The minimum absolute atomic E-state index is 0.00647. The van der Waals surface area contributed by atoms with Gasteiger partial charge in [-0.25, -0.2) is 8.42 Å². The number of rotatable bonds is 8. The molecule has 10 nitrogen and oxygen atoms in total. The summed E-state index contributed by atoms with van der Waals surface area (Å²) in [7, 11) is -0.943. The lowest BCUT2D eigenvalue weighted by molar-refractivity contribution is -0.139. The molecule has 3 N–H and O–H groups in total. The molecule has 0 aliphatic carbocycles. The average Bonchev–Trinajstić information content (AvgIpc) is 2.70. The zero-order chi connectivity index (χ0) is 20.9. The highest BCUT2D eigenvalue weighted by atomic mass is 32.2. The second-order valence-corrected chi connectivity index (χ2v) is 8.19. The van der Waals surface area contributed by atoms with Crippen LogP contribution in [0.4, 0.5) is 0 Å². The maximum atomic E-state index is 13.0. The summed E-state index contributed by atoms with van der Waals surface area (Å²) in [4.78, 5) is 24.5. The van der Waals surface area contributed by atoms with Crippen LogP contribution in [0.25, 0.3) is 0 Å². The second kappa shape index (κ2) is 9.22. The Morgan fingerprint density at radius 1 is 1.18 bits per heavy atom. The normalized spacial score (nSPS) is 16.5. The van der Waals surface area contributed by atoms with Gasteiger partial charge in [-0.2, -0.15) is 4.31 Å². The van der Waals surface area contributed by atoms with Crippen molar-refractivity contribution < 1.29 is 32.6 Å². The summed E-state index contributed by atoms with van der Waals surface area (Å²) in [5.41, 5.74) is 5.41. The topological polar surface area (TPSA) is 139 Å². The van der Waals surface area contributed by atoms with Crippen molar-refractivity contribution in [2.75, 3.05) is 40.4 Å². The SMILES string of the molecule is COc1ccc(S(=O)(=O)N2CCN(C(=O)CC[C@H](N)C(=O)O)CC2)c(OC)c1. The molecular formula is C17H25N3O7S. The van der Waals surface area contributed by atoms with E-state index in [1.54, 1.807) is 6.07 Å². The van der Waals surface area contributed by atoms with Crippen LogP contribution < -0.4 is 15.2 Å². The molecule has 0 bridgehead atoms. The number of carbonyl (C=O) groups is 2. The number of amides is 1. The summed E-state index contributed by atoms with van der Waals surface area (Å²) in [6.07, 6.45) is 0.0439. The van der Waals surface area contributed by atoms with Gasteiger partial charge in [0.25, 0.3) is 0 Å². The number of hydrogen-bond donors (Lipinski definition) is 2. The minimum Gasteiger partial charge on any atom is -0.497 e. The molecule has 1 aliphatic rings. The van der Waals surface area contributed by atoms with Gasteiger partial charge in [0.05, 0.1) is 14.2 Å². The van der Waals surface area contributed by atoms with Gasteiger partial charge in [-0.3, -0.25) is 9.59 Å². The van der Waals surface area contributed by atoms with Crippen molar-refractivity contribution in [3.63, 3.8) is 0 Å². The van der Waals surface area contributed by atoms with Crippen LogP contribution in [0.5, 0.6) is 11.5 Å². The van der Waals surface area contributed by atoms with Crippen molar-refractivity contribution >= 4 is 21.9 Å². The van der Waals surface area contributed by atoms with E-state index >= 15 is 0 Å². The Hall–Kier alpha value is -2.37. The van der Waals surface area contributed by atoms with Crippen LogP contribution in [0, 0.1) is 0 Å². The smallest absolute Gasteiger partial charge is 0.320 e. The first-order valence-electron chi connectivity index (χ1n) is 8.69. The molecule has 1 aromatic carbocycles. The quantitative estimate of drug-likeness (QED) is 0.591. The molecule has 1 aliphatic heterocycles. The molecule has 28 heavy (non-hydrogen) atoms. The third-order valence-electron chi connectivity index (χ3n) is 4.57. The largest absolute Gasteiger partial charge is 0.497 e. The molecule has 0 aromatic heterocycles. The maximum Gasteiger partial charge on any atom is 0.320 e. The highest BCUT2D eigenvalue weighted by Crippen LogP contribution is 2.31. The van der Waals surface area contributed by atoms with Gasteiger partial charge < -0.3 is 25.2 Å². The van der Waals surface area contributed by atoms with Gasteiger partial charge in [0.2, 0.25) is 15.9 Å². The van der Waals surface area contributed by atoms with Crippen molar-refractivity contribution in [3.8, 4) is 11.5 Å². The van der Waals surface area contributed by atoms with Gasteiger partial charge in [-0.1, -0.05) is 0 Å². The molecule has 1 saturated heterocycles. The second-order valence-electron chi connectivity index (χ2n) is 6.29. The van der Waals surface area contributed by atoms with E-state index in [0.29, 0.717) is 5.75 Å². The van der Waals surface area contributed by atoms with E-state index in [1.807, 2.05) is 0 Å². The first-order valence-corrected chi connectivity index (χ1v) is 10.1. The van der Waals surface area contributed by atoms with E-state index in [9.17, 15) is 18.0 Å². The lowest BCUT2D eigenvalue weighted by Crippen LogP contribution is -2.50. The molecule has 11 heteroatoms. The number of benzene rings is 1. The third kappa shape index (κ3) is 4.91. The van der Waals surface area contributed by atoms with Crippen LogP contribution in [0.2, 0.25) is 0 Å². The lowest BCUT2D eigenvalue weighted by Gasteiger charge is -2.34. The zero-order valence-corrected chi connectivity index (χ0v) is 16.6. The van der Waals surface area contributed by atoms with Crippen molar-refractivity contribution in [2.45, 2.75) is 23.8 Å². The number of ether oxygens (including phenoxy) is 2. The van der Waals surface area contributed by atoms with Crippen LogP contribution in [0.1, 0.15) is 12.8 Å². The van der Waals surface area contributed by atoms with E-state index in [2.05, 4.69) is 0 Å². The number of sulfonamides is 1. The number of nitrogens with two attached hydrogens (primary N) is 1. The number of carboxylic acids is 1. The molecule has 0 radical (unpaired) electrons. The minimum atomic E-state index is -3.80. The summed E-state index contributed by atoms with van der Waals surface area (Å²) < 4.78 is 37.5. The summed E-state index contributed by atoms with van der Waals surface area (Å²) in [6, 6.07) is 3.38. The monoisotopic (exact) mass is 415 g/mol. The van der Waals surface area contributed by atoms with Crippen molar-refractivity contribution in [1.82, 2.24) is 9.21 Å². The van der Waals surface area contributed by atoms with Crippen LogP contribution in [0.15, 0.2) is 23.1 Å². The maximum absolute atomic E-state index is 13.0. The predicted octanol–water partition coefficient (Wildman–Crippen LogP) is -0.271. The Morgan fingerprint density at radius 3 is 2.36 bits per heavy atom. The molecule has 2 rings (SSSR count). The predicted molar refractivity (Wildman–Crippen MR) is 99.7 cm³/mol. The average molecular weight is 415 g/mol. The Morgan fingerprint density at radius 2 is 1.82 bits per heavy atom. The number of carbonyl (C=O) groups excluding carboxylic acids is 1. The Balaban J connectivity index is 2.02. The molecule has 0 saturated carbocycles. The van der Waals surface area contributed by atoms with Gasteiger partial charge >= 0.3 is 5.97 Å². The highest BCUT2D eigenvalue weighted by Gasteiger charge is 2.32. The number of aliphatic carboxylic acids is 1. The van der Waals surface area contributed by atoms with Gasteiger partial charge in [0.15, 0.2) is 0 Å². The van der Waals surface area contributed by atoms with Crippen molar-refractivity contribution in [2.24, 2.45) is 5.73 Å². The van der Waals surface area contributed by atoms with E-state index in [1.165, 1.54) is 35.6 Å². The zero-order valence-electron chi connectivity index (χ0n) is 15.8. The van der Waals surface area contributed by atoms with E-state index < -0.39 is 22.0 Å². The van der Waals surface area contributed by atoms with Gasteiger partial charge in [-0.15, -0.1) is 0 Å². The fraction of sp³-hybridized carbons (Fsp3) is 0.529. The molecule has 0 spiro atoms. The van der Waals surface area contributed by atoms with Crippen LogP contribution in [-0.2, 0) is 19.6 Å². The van der Waals surface area contributed by atoms with Crippen LogP contribution >= 0.6 is 0 Å². The first-order chi connectivity index (χ1) is 13.2. The standard InChI is InChI=1S/C17H25N3O7S/c1-26-12-3-5-15(14(11-12)27-2)28(24,25)20-9-7-19(8-10-20)16(21)6-4-13(18)17(22)23/h3,5,11,13H,4,6-10,18H2,1-2H3,(H,22,23)/t13-/m0/s1. The molecule has 1 aromatic rings. The molecule has 0 unspecified atom stereocenters. The van der Waals surface area contributed by atoms with Crippen molar-refractivity contribution in [1.29, 1.82) is 0 Å².